The number of carboxylic acid groups (broad SMARTS) is 2. The normalized spacial score (nSPS) is 12.7. The van der Waals surface area contributed by atoms with E-state index >= 15 is 0 Å². The van der Waals surface area contributed by atoms with Crippen LogP contribution in [0.4, 0.5) is 4.79 Å². The van der Waals surface area contributed by atoms with Crippen molar-refractivity contribution in [3.8, 4) is 0 Å². The van der Waals surface area contributed by atoms with Crippen molar-refractivity contribution in [2.45, 2.75) is 25.9 Å². The summed E-state index contributed by atoms with van der Waals surface area (Å²) < 4.78 is 10.3. The number of hydrogen-bond acceptors (Lipinski definition) is 2. The summed E-state index contributed by atoms with van der Waals surface area (Å²) in [4.78, 5) is 25.4. The van der Waals surface area contributed by atoms with Gasteiger partial charge in [-0.3, -0.25) is 4.57 Å². The van der Waals surface area contributed by atoms with Crippen LogP contribution in [-0.2, 0) is 4.57 Å². The molecule has 0 spiro atoms. The molecule has 7 heteroatoms. The lowest BCUT2D eigenvalue weighted by atomic mass is 10.4. The van der Waals surface area contributed by atoms with Crippen LogP contribution in [0.2, 0.25) is 0 Å². The fourth-order valence-electron chi connectivity index (χ4n) is 0.238. The summed E-state index contributed by atoms with van der Waals surface area (Å²) in [5, 5.41) is 13.9. The second-order valence-corrected chi connectivity index (χ2v) is 4.19. The Morgan fingerprint density at radius 2 is 1.67 bits per heavy atom. The van der Waals surface area contributed by atoms with Gasteiger partial charge in [-0.1, -0.05) is 13.8 Å². The summed E-state index contributed by atoms with van der Waals surface area (Å²) in [6.45, 7) is 3.30. The Balaban J connectivity index is 0. The van der Waals surface area contributed by atoms with Crippen molar-refractivity contribution in [2.75, 3.05) is 0 Å². The summed E-state index contributed by atoms with van der Waals surface area (Å²) in [6, 6.07) is 0. The van der Waals surface area contributed by atoms with Gasteiger partial charge in [0, 0.05) is 0 Å². The molecule has 0 aliphatic heterocycles. The smallest absolute Gasteiger partial charge is 0.450 e. The molecule has 4 N–H and O–H groups in total. The van der Waals surface area contributed by atoms with E-state index in [2.05, 4.69) is 0 Å². The number of carbonyl (C=O) groups is 1. The minimum Gasteiger partial charge on any atom is -0.450 e. The molecule has 0 saturated heterocycles. The van der Waals surface area contributed by atoms with E-state index in [1.807, 2.05) is 0 Å². The van der Waals surface area contributed by atoms with Crippen molar-refractivity contribution < 1.29 is 29.4 Å². The molecule has 12 heavy (non-hydrogen) atoms. The Morgan fingerprint density at radius 1 is 1.42 bits per heavy atom. The molecule has 0 fully saturated rings. The third kappa shape index (κ3) is 12.1. The molecule has 1 atom stereocenters. The van der Waals surface area contributed by atoms with Crippen molar-refractivity contribution in [2.24, 2.45) is 0 Å². The maximum absolute atomic E-state index is 10.3. The van der Waals surface area contributed by atoms with E-state index < -0.39 is 19.4 Å². The van der Waals surface area contributed by atoms with Crippen LogP contribution in [-0.4, -0.2) is 31.8 Å². The van der Waals surface area contributed by atoms with Crippen LogP contribution in [0.5, 0.6) is 0 Å². The lowest BCUT2D eigenvalue weighted by molar-refractivity contribution is 0.137. The van der Waals surface area contributed by atoms with Crippen molar-refractivity contribution in [3.05, 3.63) is 0 Å². The highest BCUT2D eigenvalue weighted by Gasteiger charge is 2.20. The molecule has 6 nitrogen and oxygen atoms in total. The second kappa shape index (κ2) is 5.99. The van der Waals surface area contributed by atoms with Crippen LogP contribution in [0.25, 0.3) is 0 Å². The lowest BCUT2D eigenvalue weighted by Crippen LogP contribution is -1.99. The largest absolute Gasteiger partial charge is 0.503 e. The van der Waals surface area contributed by atoms with Gasteiger partial charge in [0.1, 0.15) is 0 Å². The third-order valence-corrected chi connectivity index (χ3v) is 2.68. The summed E-state index contributed by atoms with van der Waals surface area (Å²) in [6.07, 6.45) is -1.30. The molecular formula is C5H13O6P. The van der Waals surface area contributed by atoms with Crippen molar-refractivity contribution in [1.82, 2.24) is 0 Å². The Bertz CT molecular complexity index is 169. The Morgan fingerprint density at radius 3 is 1.67 bits per heavy atom. The SMILES string of the molecule is CCC(C)P(=O)(O)O.O=C(O)O. The maximum Gasteiger partial charge on any atom is 0.503 e. The molecule has 0 aromatic rings. The van der Waals surface area contributed by atoms with Crippen molar-refractivity contribution in [1.29, 1.82) is 0 Å². The van der Waals surface area contributed by atoms with Crippen LogP contribution in [0, 0.1) is 0 Å². The van der Waals surface area contributed by atoms with Gasteiger partial charge in [0.25, 0.3) is 0 Å². The van der Waals surface area contributed by atoms with Crippen molar-refractivity contribution >= 4 is 13.8 Å². The molecule has 0 heterocycles. The number of hydrogen-bond donors (Lipinski definition) is 4. The van der Waals surface area contributed by atoms with Gasteiger partial charge in [0.05, 0.1) is 5.66 Å². The molecule has 0 aliphatic rings. The highest BCUT2D eigenvalue weighted by Crippen LogP contribution is 2.42. The van der Waals surface area contributed by atoms with Crippen LogP contribution < -0.4 is 0 Å². The molecule has 0 radical (unpaired) electrons. The van der Waals surface area contributed by atoms with E-state index in [9.17, 15) is 4.57 Å². The van der Waals surface area contributed by atoms with Crippen molar-refractivity contribution in [3.63, 3.8) is 0 Å². The predicted octanol–water partition coefficient (Wildman–Crippen LogP) is 1.19. The first-order chi connectivity index (χ1) is 5.21. The molecule has 0 saturated carbocycles. The molecular weight excluding hydrogens is 187 g/mol. The molecule has 0 aliphatic carbocycles. The van der Waals surface area contributed by atoms with E-state index in [0.29, 0.717) is 6.42 Å². The van der Waals surface area contributed by atoms with Gasteiger partial charge in [-0.15, -0.1) is 0 Å². The zero-order valence-corrected chi connectivity index (χ0v) is 7.73. The molecule has 0 aromatic heterocycles. The van der Waals surface area contributed by atoms with E-state index in [4.69, 9.17) is 24.8 Å². The minimum atomic E-state index is -3.76. The first-order valence-corrected chi connectivity index (χ1v) is 4.87. The standard InChI is InChI=1S/C4H11O3P.CH2O3/c1-3-4(2)8(5,6)7;2-1(3)4/h4H,3H2,1-2H3,(H2,5,6,7);(H2,2,3,4). The van der Waals surface area contributed by atoms with Crippen LogP contribution >= 0.6 is 7.60 Å². The zero-order chi connectivity index (χ0) is 10.4. The van der Waals surface area contributed by atoms with Gasteiger partial charge in [0.15, 0.2) is 0 Å². The molecule has 0 aromatic carbocycles. The van der Waals surface area contributed by atoms with Gasteiger partial charge >= 0.3 is 13.8 Å². The second-order valence-electron chi connectivity index (χ2n) is 2.13. The zero-order valence-electron chi connectivity index (χ0n) is 6.84. The maximum atomic E-state index is 10.3. The van der Waals surface area contributed by atoms with Gasteiger partial charge < -0.3 is 20.0 Å². The summed E-state index contributed by atoms with van der Waals surface area (Å²) in [7, 11) is -3.76. The van der Waals surface area contributed by atoms with Crippen LogP contribution in [0.15, 0.2) is 0 Å². The first kappa shape index (κ1) is 14.0. The van der Waals surface area contributed by atoms with Crippen LogP contribution in [0.1, 0.15) is 20.3 Å². The lowest BCUT2D eigenvalue weighted by Gasteiger charge is -2.08. The highest BCUT2D eigenvalue weighted by molar-refractivity contribution is 7.52. The van der Waals surface area contributed by atoms with Gasteiger partial charge in [-0.25, -0.2) is 4.79 Å². The molecule has 0 amide bonds. The van der Waals surface area contributed by atoms with E-state index in [0.717, 1.165) is 0 Å². The number of rotatable bonds is 2. The van der Waals surface area contributed by atoms with E-state index in [1.54, 1.807) is 13.8 Å². The molecule has 0 rings (SSSR count). The summed E-state index contributed by atoms with van der Waals surface area (Å²) in [5.74, 6) is 0. The molecule has 74 valence electrons. The Hall–Kier alpha value is -0.580. The fourth-order valence-corrected chi connectivity index (χ4v) is 0.714. The highest BCUT2D eigenvalue weighted by atomic mass is 31.2. The van der Waals surface area contributed by atoms with Gasteiger partial charge in [0.2, 0.25) is 0 Å². The van der Waals surface area contributed by atoms with E-state index in [1.165, 1.54) is 0 Å². The van der Waals surface area contributed by atoms with Gasteiger partial charge in [-0.05, 0) is 6.42 Å². The quantitative estimate of drug-likeness (QED) is 0.497. The third-order valence-electron chi connectivity index (χ3n) is 1.17. The average Bonchev–Trinajstić information content (AvgIpc) is 1.82. The van der Waals surface area contributed by atoms with Crippen LogP contribution in [0.3, 0.4) is 0 Å². The summed E-state index contributed by atoms with van der Waals surface area (Å²) >= 11 is 0. The Kier molecular flexibility index (Phi) is 6.98. The fraction of sp³-hybridized carbons (Fsp3) is 0.800. The molecule has 1 unspecified atom stereocenters. The molecule has 0 bridgehead atoms. The average molecular weight is 200 g/mol. The minimum absolute atomic E-state index is 0.484. The Labute approximate surface area is 70.0 Å². The van der Waals surface area contributed by atoms with E-state index in [-0.39, 0.29) is 0 Å². The monoisotopic (exact) mass is 200 g/mol. The predicted molar refractivity (Wildman–Crippen MR) is 42.5 cm³/mol. The topological polar surface area (TPSA) is 115 Å². The van der Waals surface area contributed by atoms with Gasteiger partial charge in [-0.2, -0.15) is 0 Å². The first-order valence-electron chi connectivity index (χ1n) is 3.18. The summed E-state index contributed by atoms with van der Waals surface area (Å²) in [5.41, 5.74) is -0.484.